The largest absolute Gasteiger partial charge is 0.327 e. The number of hydrogen-bond acceptors (Lipinski definition) is 2. The minimum atomic E-state index is 0.668. The molecule has 104 valence electrons. The summed E-state index contributed by atoms with van der Waals surface area (Å²) in [6.07, 6.45) is 10.9. The Morgan fingerprint density at radius 3 is 2.75 bits per heavy atom. The topological polar surface area (TPSA) is 38.9 Å². The van der Waals surface area contributed by atoms with Crippen LogP contribution in [-0.4, -0.2) is 11.5 Å². The number of rotatable bonds is 3. The van der Waals surface area contributed by atoms with Crippen molar-refractivity contribution in [2.45, 2.75) is 32.1 Å². The average molecular weight is 266 g/mol. The summed E-state index contributed by atoms with van der Waals surface area (Å²) in [6, 6.07) is 10.4. The molecule has 1 aromatic heterocycles. The summed E-state index contributed by atoms with van der Waals surface area (Å²) in [5, 5.41) is 1.22. The first kappa shape index (κ1) is 13.3. The molecule has 2 nitrogen and oxygen atoms in total. The molecule has 0 spiro atoms. The van der Waals surface area contributed by atoms with E-state index in [1.54, 1.807) is 0 Å². The number of pyridine rings is 1. The van der Waals surface area contributed by atoms with Gasteiger partial charge in [0.1, 0.15) is 0 Å². The second-order valence-corrected chi connectivity index (χ2v) is 5.68. The van der Waals surface area contributed by atoms with E-state index in [0.717, 1.165) is 5.52 Å². The number of aromatic nitrogens is 1. The van der Waals surface area contributed by atoms with Gasteiger partial charge in [-0.3, -0.25) is 4.98 Å². The van der Waals surface area contributed by atoms with Crippen LogP contribution in [0.3, 0.4) is 0 Å². The van der Waals surface area contributed by atoms with Crippen LogP contribution in [0.1, 0.15) is 37.7 Å². The monoisotopic (exact) mass is 266 g/mol. The van der Waals surface area contributed by atoms with Crippen LogP contribution in [0.5, 0.6) is 0 Å². The number of fused-ring (bicyclic) bond motifs is 1. The van der Waals surface area contributed by atoms with Crippen LogP contribution >= 0.6 is 0 Å². The lowest BCUT2D eigenvalue weighted by atomic mass is 9.83. The van der Waals surface area contributed by atoms with Gasteiger partial charge in [-0.25, -0.2) is 0 Å². The van der Waals surface area contributed by atoms with Crippen LogP contribution in [0.15, 0.2) is 42.1 Å². The summed E-state index contributed by atoms with van der Waals surface area (Å²) in [7, 11) is 0. The zero-order valence-electron chi connectivity index (χ0n) is 11.9. The van der Waals surface area contributed by atoms with Gasteiger partial charge in [0.05, 0.1) is 5.52 Å². The Hall–Kier alpha value is -1.67. The van der Waals surface area contributed by atoms with E-state index in [-0.39, 0.29) is 0 Å². The zero-order valence-corrected chi connectivity index (χ0v) is 11.9. The van der Waals surface area contributed by atoms with Crippen molar-refractivity contribution in [3.8, 4) is 0 Å². The van der Waals surface area contributed by atoms with Crippen molar-refractivity contribution in [1.82, 2.24) is 4.98 Å². The van der Waals surface area contributed by atoms with Crippen molar-refractivity contribution >= 4 is 17.0 Å². The summed E-state index contributed by atoms with van der Waals surface area (Å²) >= 11 is 0. The van der Waals surface area contributed by atoms with Crippen LogP contribution < -0.4 is 5.73 Å². The second-order valence-electron chi connectivity index (χ2n) is 5.68. The van der Waals surface area contributed by atoms with E-state index in [0.29, 0.717) is 12.5 Å². The first-order chi connectivity index (χ1) is 9.88. The molecule has 0 saturated heterocycles. The van der Waals surface area contributed by atoms with Gasteiger partial charge in [-0.05, 0) is 36.5 Å². The Bertz CT molecular complexity index is 604. The summed E-state index contributed by atoms with van der Waals surface area (Å²) in [5.74, 6) is 0.681. The molecule has 1 aliphatic rings. The molecule has 1 aliphatic carbocycles. The van der Waals surface area contributed by atoms with Gasteiger partial charge in [0.15, 0.2) is 0 Å². The van der Waals surface area contributed by atoms with Gasteiger partial charge in [0.2, 0.25) is 0 Å². The normalized spacial score (nSPS) is 17.6. The van der Waals surface area contributed by atoms with E-state index in [1.807, 2.05) is 12.3 Å². The highest BCUT2D eigenvalue weighted by atomic mass is 14.6. The maximum Gasteiger partial charge on any atom is 0.0707 e. The van der Waals surface area contributed by atoms with Crippen LogP contribution in [0, 0.1) is 5.92 Å². The number of nitrogens with zero attached hydrogens (tertiary/aromatic N) is 1. The lowest BCUT2D eigenvalue weighted by molar-refractivity contribution is 0.401. The molecule has 0 bridgehead atoms. The van der Waals surface area contributed by atoms with Crippen molar-refractivity contribution in [1.29, 1.82) is 0 Å². The van der Waals surface area contributed by atoms with Gasteiger partial charge in [-0.15, -0.1) is 0 Å². The van der Waals surface area contributed by atoms with Crippen molar-refractivity contribution in [2.24, 2.45) is 11.7 Å². The number of nitrogens with two attached hydrogens (primary N) is 1. The highest BCUT2D eigenvalue weighted by Gasteiger charge is 2.17. The van der Waals surface area contributed by atoms with Crippen molar-refractivity contribution < 1.29 is 0 Å². The highest BCUT2D eigenvalue weighted by molar-refractivity contribution is 5.87. The van der Waals surface area contributed by atoms with Crippen molar-refractivity contribution in [3.63, 3.8) is 0 Å². The SMILES string of the molecule is NC/C(=C/c1ccnc2ccccc12)C1CCCCC1. The number of para-hydroxylation sites is 1. The van der Waals surface area contributed by atoms with Gasteiger partial charge in [-0.1, -0.05) is 49.1 Å². The van der Waals surface area contributed by atoms with Gasteiger partial charge in [0, 0.05) is 18.1 Å². The zero-order chi connectivity index (χ0) is 13.8. The molecule has 2 N–H and O–H groups in total. The Labute approximate surface area is 120 Å². The number of hydrogen-bond donors (Lipinski definition) is 1. The van der Waals surface area contributed by atoms with Crippen LogP contribution in [0.2, 0.25) is 0 Å². The van der Waals surface area contributed by atoms with Gasteiger partial charge >= 0.3 is 0 Å². The third-order valence-electron chi connectivity index (χ3n) is 4.39. The van der Waals surface area contributed by atoms with Crippen LogP contribution in [0.4, 0.5) is 0 Å². The lowest BCUT2D eigenvalue weighted by Crippen LogP contribution is -2.16. The minimum absolute atomic E-state index is 0.668. The second kappa shape index (κ2) is 6.19. The van der Waals surface area contributed by atoms with E-state index in [2.05, 4.69) is 35.3 Å². The third kappa shape index (κ3) is 2.75. The molecule has 0 unspecified atom stereocenters. The maximum atomic E-state index is 6.01. The van der Waals surface area contributed by atoms with Crippen molar-refractivity contribution in [2.75, 3.05) is 6.54 Å². The highest BCUT2D eigenvalue weighted by Crippen LogP contribution is 2.31. The molecule has 0 amide bonds. The molecular weight excluding hydrogens is 244 g/mol. The predicted molar refractivity (Wildman–Crippen MR) is 85.3 cm³/mol. The standard InChI is InChI=1S/C18H22N2/c19-13-16(14-6-2-1-3-7-14)12-15-10-11-20-18-9-5-4-8-17(15)18/h4-5,8-12,14H,1-3,6-7,13,19H2/b16-12-. The minimum Gasteiger partial charge on any atom is -0.327 e. The Kier molecular flexibility index (Phi) is 4.12. The van der Waals surface area contributed by atoms with E-state index in [4.69, 9.17) is 5.73 Å². The van der Waals surface area contributed by atoms with Gasteiger partial charge < -0.3 is 5.73 Å². The summed E-state index contributed by atoms with van der Waals surface area (Å²) in [5.41, 5.74) is 9.72. The van der Waals surface area contributed by atoms with E-state index < -0.39 is 0 Å². The fraction of sp³-hybridized carbons (Fsp3) is 0.389. The first-order valence-corrected chi connectivity index (χ1v) is 7.63. The molecule has 1 heterocycles. The molecule has 1 fully saturated rings. The average Bonchev–Trinajstić information content (AvgIpc) is 2.53. The van der Waals surface area contributed by atoms with E-state index in [1.165, 1.54) is 48.6 Å². The fourth-order valence-electron chi connectivity index (χ4n) is 3.26. The summed E-state index contributed by atoms with van der Waals surface area (Å²) in [6.45, 7) is 0.668. The quantitative estimate of drug-likeness (QED) is 0.906. The molecule has 20 heavy (non-hydrogen) atoms. The molecule has 0 atom stereocenters. The predicted octanol–water partition coefficient (Wildman–Crippen LogP) is 4.16. The van der Waals surface area contributed by atoms with E-state index in [9.17, 15) is 0 Å². The smallest absolute Gasteiger partial charge is 0.0707 e. The Morgan fingerprint density at radius 1 is 1.15 bits per heavy atom. The molecule has 0 aliphatic heterocycles. The Balaban J connectivity index is 1.98. The summed E-state index contributed by atoms with van der Waals surface area (Å²) < 4.78 is 0. The molecule has 2 aromatic rings. The van der Waals surface area contributed by atoms with Gasteiger partial charge in [0.25, 0.3) is 0 Å². The third-order valence-corrected chi connectivity index (χ3v) is 4.39. The number of benzene rings is 1. The maximum absolute atomic E-state index is 6.01. The van der Waals surface area contributed by atoms with Gasteiger partial charge in [-0.2, -0.15) is 0 Å². The molecular formula is C18H22N2. The van der Waals surface area contributed by atoms with E-state index >= 15 is 0 Å². The lowest BCUT2D eigenvalue weighted by Gasteiger charge is -2.24. The molecule has 1 aromatic carbocycles. The first-order valence-electron chi connectivity index (χ1n) is 7.63. The van der Waals surface area contributed by atoms with Crippen LogP contribution in [-0.2, 0) is 0 Å². The Morgan fingerprint density at radius 2 is 1.95 bits per heavy atom. The molecule has 0 radical (unpaired) electrons. The molecule has 2 heteroatoms. The fourth-order valence-corrected chi connectivity index (χ4v) is 3.26. The van der Waals surface area contributed by atoms with Crippen LogP contribution in [0.25, 0.3) is 17.0 Å². The molecule has 1 saturated carbocycles. The van der Waals surface area contributed by atoms with Crippen molar-refractivity contribution in [3.05, 3.63) is 47.7 Å². The molecule has 3 rings (SSSR count). The summed E-state index contributed by atoms with van der Waals surface area (Å²) in [4.78, 5) is 4.43.